The zero-order valence-electron chi connectivity index (χ0n) is 56.2. The number of Topliss-reactive ketones (excluding diaryl/α,β-unsaturated/α-hetero) is 1. The molecular formula is C70H101N13O10S3. The van der Waals surface area contributed by atoms with Crippen molar-refractivity contribution in [1.82, 2.24) is 53.5 Å². The standard InChI is InChI=1S/C26H35N3O3S.C22H31N5O3S.C20H27N5O4S.2CH4/c1-17(2)29-25(24-11-6-12-28(24)3)15-26(27-29)33(31,32)16-20(30)14-23-21-9-4-7-18(21)13-19-8-5-10-22(19)23;1-14(2)27-17(13-26(3)4)12-20(24-27)31(29,30)25-22(28)23-21-18-9-5-7-15(18)11-16-8-6-10-19(16)21;1-4-25-15(12-24(2)3)11-17(22-25)30(27,28)23-20(26)21-18-16-7-5-6-13(16)10-14-8-9-29-19(14)18;;/h13,15,17,24H,4-12,14,16H2,1-3H3;11-12,14H,5-10,13H2,1-4H3,(H2,23,25,28);10-11H,4-9,12H2,1-3H3,(H2,21,23,26);2*1H4. The Morgan fingerprint density at radius 1 is 0.562 bits per heavy atom. The Kier molecular flexibility index (Phi) is 22.9. The van der Waals surface area contributed by atoms with Crippen LogP contribution in [0.15, 0.2) is 51.5 Å². The molecule has 13 rings (SSSR count). The van der Waals surface area contributed by atoms with Crippen molar-refractivity contribution in [1.29, 1.82) is 0 Å². The molecule has 23 nitrogen and oxygen atoms in total. The molecule has 4 amide bonds. The topological polar surface area (TPSA) is 274 Å². The van der Waals surface area contributed by atoms with E-state index in [1.165, 1.54) is 51.1 Å². The van der Waals surface area contributed by atoms with Crippen LogP contribution >= 0.6 is 0 Å². The fourth-order valence-corrected chi connectivity index (χ4v) is 18.0. The van der Waals surface area contributed by atoms with E-state index in [1.54, 1.807) is 15.4 Å². The third-order valence-corrected chi connectivity index (χ3v) is 23.1. The number of rotatable bonds is 19. The predicted octanol–water partition coefficient (Wildman–Crippen LogP) is 9.98. The van der Waals surface area contributed by atoms with Crippen molar-refractivity contribution >= 4 is 59.1 Å². The van der Waals surface area contributed by atoms with E-state index in [1.807, 2.05) is 77.3 Å². The van der Waals surface area contributed by atoms with Gasteiger partial charge in [-0.2, -0.15) is 32.1 Å². The smallest absolute Gasteiger partial charge is 0.333 e. The first-order chi connectivity index (χ1) is 44.7. The van der Waals surface area contributed by atoms with Gasteiger partial charge >= 0.3 is 12.1 Å². The summed E-state index contributed by atoms with van der Waals surface area (Å²) >= 11 is 0. The van der Waals surface area contributed by atoms with Crippen LogP contribution in [-0.2, 0) is 131 Å². The number of anilines is 2. The van der Waals surface area contributed by atoms with Crippen molar-refractivity contribution in [3.8, 4) is 5.75 Å². The summed E-state index contributed by atoms with van der Waals surface area (Å²) in [7, 11) is -2.31. The number of aryl methyl sites for hydroxylation is 6. The number of amides is 4. The summed E-state index contributed by atoms with van der Waals surface area (Å²) < 4.78 is 93.1. The number of hydrogen-bond donors (Lipinski definition) is 4. The number of urea groups is 2. The van der Waals surface area contributed by atoms with Crippen molar-refractivity contribution in [2.75, 3.05) is 64.8 Å². The molecule has 7 aliphatic rings. The van der Waals surface area contributed by atoms with Gasteiger partial charge in [0.25, 0.3) is 20.0 Å². The normalized spacial score (nSPS) is 16.8. The van der Waals surface area contributed by atoms with Crippen LogP contribution in [0.1, 0.15) is 196 Å². The Hall–Kier alpha value is -6.97. The third kappa shape index (κ3) is 15.8. The maximum atomic E-state index is 13.3. The number of ether oxygens (including phenoxy) is 1. The highest BCUT2D eigenvalue weighted by atomic mass is 32.2. The summed E-state index contributed by atoms with van der Waals surface area (Å²) in [6.07, 6.45) is 18.3. The number of nitrogens with zero attached hydrogens (tertiary/aromatic N) is 9. The van der Waals surface area contributed by atoms with E-state index >= 15 is 0 Å². The summed E-state index contributed by atoms with van der Waals surface area (Å²) in [5.41, 5.74) is 18.6. The fourth-order valence-electron chi connectivity index (χ4n) is 15.0. The average molecular weight is 1380 g/mol. The lowest BCUT2D eigenvalue weighted by atomic mass is 9.91. The van der Waals surface area contributed by atoms with Crippen LogP contribution in [0.25, 0.3) is 0 Å². The monoisotopic (exact) mass is 1380 g/mol. The first kappa shape index (κ1) is 73.3. The van der Waals surface area contributed by atoms with Crippen LogP contribution in [0.3, 0.4) is 0 Å². The van der Waals surface area contributed by atoms with E-state index in [4.69, 9.17) is 4.74 Å². The maximum Gasteiger partial charge on any atom is 0.333 e. The number of carbonyl (C=O) groups excluding carboxylic acids is 3. The van der Waals surface area contributed by atoms with Crippen LogP contribution in [-0.4, -0.2) is 141 Å². The van der Waals surface area contributed by atoms with Crippen molar-refractivity contribution < 1.29 is 44.4 Å². The average Bonchev–Trinajstić information content (AvgIpc) is 1.64. The molecule has 1 fully saturated rings. The second kappa shape index (κ2) is 30.0. The molecule has 1 saturated heterocycles. The number of sulfone groups is 1. The van der Waals surface area contributed by atoms with Crippen molar-refractivity contribution in [3.63, 3.8) is 0 Å². The molecule has 0 radical (unpaired) electrons. The molecule has 26 heteroatoms. The van der Waals surface area contributed by atoms with Gasteiger partial charge in [-0.05, 0) is 252 Å². The predicted molar refractivity (Wildman–Crippen MR) is 374 cm³/mol. The highest BCUT2D eigenvalue weighted by molar-refractivity contribution is 7.92. The minimum absolute atomic E-state index is 0. The van der Waals surface area contributed by atoms with Crippen LogP contribution < -0.4 is 24.8 Å². The van der Waals surface area contributed by atoms with Crippen LogP contribution in [0.2, 0.25) is 0 Å². The SMILES string of the molecule is C.C.CC(C)n1nc(S(=O)(=O)CC(=O)Cc2c3c(cc4c2CCC4)CCC3)cc1C1CCCN1C.CC(C)n1nc(S(=O)(=O)NC(=O)Nc2c3c(cc4c2CCC4)CCC3)cc1CN(C)C.CCn1nc(S(=O)(=O)NC(=O)Nc2c3c(cc4c2OCC4)CCC3)cc1CN(C)C. The Morgan fingerprint density at radius 3 is 1.52 bits per heavy atom. The number of sulfonamides is 2. The van der Waals surface area contributed by atoms with Gasteiger partial charge in [0.1, 0.15) is 11.5 Å². The van der Waals surface area contributed by atoms with E-state index in [-0.39, 0.29) is 60.3 Å². The van der Waals surface area contributed by atoms with Gasteiger partial charge in [-0.25, -0.2) is 27.5 Å². The van der Waals surface area contributed by atoms with Crippen molar-refractivity contribution in [3.05, 3.63) is 120 Å². The fraction of sp³-hybridized carbons (Fsp3) is 0.571. The van der Waals surface area contributed by atoms with Gasteiger partial charge in [0.05, 0.1) is 35.4 Å². The molecule has 524 valence electrons. The lowest BCUT2D eigenvalue weighted by Crippen LogP contribution is -2.35. The van der Waals surface area contributed by atoms with E-state index < -0.39 is 47.7 Å². The molecule has 3 aromatic carbocycles. The number of ketones is 1. The molecule has 2 aliphatic heterocycles. The largest absolute Gasteiger partial charge is 0.491 e. The van der Waals surface area contributed by atoms with Crippen LogP contribution in [0, 0.1) is 0 Å². The third-order valence-electron chi connectivity index (χ3n) is 19.1. The minimum atomic E-state index is -4.11. The highest BCUT2D eigenvalue weighted by Gasteiger charge is 2.35. The van der Waals surface area contributed by atoms with Gasteiger partial charge < -0.3 is 25.2 Å². The molecule has 0 bridgehead atoms. The summed E-state index contributed by atoms with van der Waals surface area (Å²) in [4.78, 5) is 44.6. The first-order valence-electron chi connectivity index (χ1n) is 33.5. The highest BCUT2D eigenvalue weighted by Crippen LogP contribution is 2.43. The molecule has 96 heavy (non-hydrogen) atoms. The quantitative estimate of drug-likeness (QED) is 0.0587. The van der Waals surface area contributed by atoms with Gasteiger partial charge in [-0.15, -0.1) is 0 Å². The number of nitrogens with one attached hydrogen (secondary N) is 4. The summed E-state index contributed by atoms with van der Waals surface area (Å²) in [5, 5.41) is 18.3. The molecule has 5 heterocycles. The molecule has 0 saturated carbocycles. The van der Waals surface area contributed by atoms with Crippen molar-refractivity contribution in [2.24, 2.45) is 0 Å². The Bertz CT molecular complexity index is 4170. The second-order valence-corrected chi connectivity index (χ2v) is 32.6. The van der Waals surface area contributed by atoms with Gasteiger partial charge in [0, 0.05) is 68.4 Å². The molecule has 4 N–H and O–H groups in total. The lowest BCUT2D eigenvalue weighted by molar-refractivity contribution is -0.116. The maximum absolute atomic E-state index is 13.3. The van der Waals surface area contributed by atoms with Crippen molar-refractivity contribution in [2.45, 2.75) is 224 Å². The van der Waals surface area contributed by atoms with E-state index in [2.05, 4.69) is 65.5 Å². The molecular weight excluding hydrogens is 1280 g/mol. The Balaban J connectivity index is 0.000000167. The second-order valence-electron chi connectivity index (χ2n) is 27.4. The first-order valence-corrected chi connectivity index (χ1v) is 38.1. The molecule has 3 aromatic heterocycles. The molecule has 6 aromatic rings. The summed E-state index contributed by atoms with van der Waals surface area (Å²) in [6, 6.07) is 10.2. The van der Waals surface area contributed by atoms with E-state index in [0.717, 1.165) is 173 Å². The van der Waals surface area contributed by atoms with Crippen LogP contribution in [0.5, 0.6) is 5.75 Å². The molecule has 1 unspecified atom stereocenters. The zero-order valence-corrected chi connectivity index (χ0v) is 58.7. The van der Waals surface area contributed by atoms with Gasteiger partial charge in [0.2, 0.25) is 9.84 Å². The summed E-state index contributed by atoms with van der Waals surface area (Å²) in [5.74, 6) is -0.0321. The molecule has 5 aliphatic carbocycles. The van der Waals surface area contributed by atoms with Gasteiger partial charge in [-0.1, -0.05) is 33.1 Å². The minimum Gasteiger partial charge on any atom is -0.491 e. The lowest BCUT2D eigenvalue weighted by Gasteiger charge is -2.21. The molecule has 1 atom stereocenters. The van der Waals surface area contributed by atoms with E-state index in [9.17, 15) is 39.6 Å². The van der Waals surface area contributed by atoms with Gasteiger partial charge in [0.15, 0.2) is 20.9 Å². The number of carbonyl (C=O) groups is 3. The molecule has 0 spiro atoms. The van der Waals surface area contributed by atoms with Crippen LogP contribution in [0.4, 0.5) is 21.0 Å². The number of fused-ring (bicyclic) bond motifs is 6. The summed E-state index contributed by atoms with van der Waals surface area (Å²) in [6.45, 7) is 13.0. The number of hydrogen-bond acceptors (Lipinski definition) is 16. The number of benzene rings is 3. The number of aromatic nitrogens is 6. The van der Waals surface area contributed by atoms with E-state index in [0.29, 0.717) is 37.7 Å². The Labute approximate surface area is 568 Å². The zero-order chi connectivity index (χ0) is 67.1. The Morgan fingerprint density at radius 2 is 1.02 bits per heavy atom. The number of likely N-dealkylation sites (tertiary alicyclic amines) is 1. The van der Waals surface area contributed by atoms with Gasteiger partial charge in [-0.3, -0.25) is 23.7 Å².